The first-order valence-corrected chi connectivity index (χ1v) is 11.5. The highest BCUT2D eigenvalue weighted by atomic mass is 32.2. The summed E-state index contributed by atoms with van der Waals surface area (Å²) >= 11 is 0. The van der Waals surface area contributed by atoms with Gasteiger partial charge in [0.05, 0.1) is 11.2 Å². The molecule has 3 N–H and O–H groups in total. The van der Waals surface area contributed by atoms with Gasteiger partial charge in [0.1, 0.15) is 5.52 Å². The molecule has 9 nitrogen and oxygen atoms in total. The number of anilines is 2. The van der Waals surface area contributed by atoms with E-state index < -0.39 is 16.2 Å². The fraction of sp³-hybridized carbons (Fsp3) is 0.381. The van der Waals surface area contributed by atoms with Crippen LogP contribution in [-0.2, 0) is 17.3 Å². The smallest absolute Gasteiger partial charge is 0.307 e. The lowest BCUT2D eigenvalue weighted by Gasteiger charge is -2.21. The predicted octanol–water partition coefficient (Wildman–Crippen LogP) is 4.00. The van der Waals surface area contributed by atoms with Crippen molar-refractivity contribution in [3.63, 3.8) is 0 Å². The first kappa shape index (κ1) is 22.5. The van der Waals surface area contributed by atoms with Crippen LogP contribution in [0.5, 0.6) is 0 Å². The van der Waals surface area contributed by atoms with E-state index in [-0.39, 0.29) is 17.5 Å². The maximum absolute atomic E-state index is 12.6. The second-order valence-electron chi connectivity index (χ2n) is 8.21. The van der Waals surface area contributed by atoms with Gasteiger partial charge in [0.15, 0.2) is 0 Å². The van der Waals surface area contributed by atoms with Gasteiger partial charge in [-0.3, -0.25) is 4.72 Å². The number of aryl methyl sites for hydroxylation is 2. The quantitative estimate of drug-likeness (QED) is 0.531. The SMILES string of the molecule is Cc1cc(C(C)C)c(NC(=O)NS(=O)(=O)Nc2ccc3c(c2)nnn3C)c(C(C)C)c1. The number of rotatable bonds is 6. The summed E-state index contributed by atoms with van der Waals surface area (Å²) in [6.07, 6.45) is 0. The Morgan fingerprint density at radius 1 is 1.03 bits per heavy atom. The third-order valence-electron chi connectivity index (χ3n) is 4.92. The molecule has 1 aromatic heterocycles. The molecule has 2 amide bonds. The number of benzene rings is 2. The number of carbonyl (C=O) groups is 1. The summed E-state index contributed by atoms with van der Waals surface area (Å²) in [5.74, 6) is 0.308. The van der Waals surface area contributed by atoms with Crippen LogP contribution in [0.15, 0.2) is 30.3 Å². The number of hydrogen-bond acceptors (Lipinski definition) is 5. The number of carbonyl (C=O) groups excluding carboxylic acids is 1. The Kier molecular flexibility index (Phi) is 6.21. The monoisotopic (exact) mass is 444 g/mol. The van der Waals surface area contributed by atoms with Gasteiger partial charge in [0.25, 0.3) is 0 Å². The number of aromatic nitrogens is 3. The number of nitrogens with zero attached hydrogens (tertiary/aromatic N) is 3. The fourth-order valence-electron chi connectivity index (χ4n) is 3.44. The molecule has 0 unspecified atom stereocenters. The van der Waals surface area contributed by atoms with E-state index in [4.69, 9.17) is 0 Å². The largest absolute Gasteiger partial charge is 0.334 e. The lowest BCUT2D eigenvalue weighted by atomic mass is 9.90. The average Bonchev–Trinajstić information content (AvgIpc) is 3.01. The Bertz CT molecular complexity index is 1200. The Morgan fingerprint density at radius 3 is 2.23 bits per heavy atom. The molecule has 0 saturated heterocycles. The van der Waals surface area contributed by atoms with E-state index in [0.29, 0.717) is 11.2 Å². The average molecular weight is 445 g/mol. The van der Waals surface area contributed by atoms with Gasteiger partial charge in [-0.15, -0.1) is 5.10 Å². The lowest BCUT2D eigenvalue weighted by Crippen LogP contribution is -2.38. The minimum Gasteiger partial charge on any atom is -0.307 e. The van der Waals surface area contributed by atoms with Gasteiger partial charge in [0.2, 0.25) is 0 Å². The molecular formula is C21H28N6O3S. The van der Waals surface area contributed by atoms with E-state index in [9.17, 15) is 13.2 Å². The summed E-state index contributed by atoms with van der Waals surface area (Å²) in [6.45, 7) is 10.1. The van der Waals surface area contributed by atoms with Crippen LogP contribution in [0.3, 0.4) is 0 Å². The van der Waals surface area contributed by atoms with Gasteiger partial charge < -0.3 is 5.32 Å². The maximum atomic E-state index is 12.6. The van der Waals surface area contributed by atoms with Crippen LogP contribution >= 0.6 is 0 Å². The summed E-state index contributed by atoms with van der Waals surface area (Å²) < 4.78 is 31.0. The van der Waals surface area contributed by atoms with Gasteiger partial charge in [0, 0.05) is 12.7 Å². The van der Waals surface area contributed by atoms with Crippen molar-refractivity contribution >= 4 is 38.6 Å². The molecular weight excluding hydrogens is 416 g/mol. The molecule has 0 aliphatic carbocycles. The molecule has 0 atom stereocenters. The zero-order valence-corrected chi connectivity index (χ0v) is 19.3. The van der Waals surface area contributed by atoms with Crippen molar-refractivity contribution in [2.24, 2.45) is 7.05 Å². The predicted molar refractivity (Wildman–Crippen MR) is 123 cm³/mol. The third kappa shape index (κ3) is 5.13. The van der Waals surface area contributed by atoms with Crippen LogP contribution in [0.2, 0.25) is 0 Å². The van der Waals surface area contributed by atoms with Crippen molar-refractivity contribution in [3.8, 4) is 0 Å². The summed E-state index contributed by atoms with van der Waals surface area (Å²) in [6, 6.07) is 8.01. The Hall–Kier alpha value is -3.14. The molecule has 3 rings (SSSR count). The fourth-order valence-corrected chi connectivity index (χ4v) is 4.23. The third-order valence-corrected chi connectivity index (χ3v) is 5.87. The molecule has 2 aromatic carbocycles. The second-order valence-corrected chi connectivity index (χ2v) is 9.62. The number of nitrogens with one attached hydrogen (secondary N) is 3. The summed E-state index contributed by atoms with van der Waals surface area (Å²) in [5, 5.41) is 10.6. The molecule has 0 radical (unpaired) electrons. The maximum Gasteiger partial charge on any atom is 0.334 e. The highest BCUT2D eigenvalue weighted by Crippen LogP contribution is 2.33. The zero-order valence-electron chi connectivity index (χ0n) is 18.5. The Labute approximate surface area is 182 Å². The topological polar surface area (TPSA) is 118 Å². The van der Waals surface area contributed by atoms with Crippen molar-refractivity contribution in [1.82, 2.24) is 19.7 Å². The first-order valence-electron chi connectivity index (χ1n) is 10.0. The molecule has 0 bridgehead atoms. The minimum atomic E-state index is -4.16. The van der Waals surface area contributed by atoms with Gasteiger partial charge in [-0.25, -0.2) is 14.2 Å². The first-order chi connectivity index (χ1) is 14.5. The zero-order chi connectivity index (χ0) is 22.9. The van der Waals surface area contributed by atoms with E-state index in [1.165, 1.54) is 0 Å². The van der Waals surface area contributed by atoms with Gasteiger partial charge in [-0.1, -0.05) is 50.6 Å². The molecule has 1 heterocycles. The molecule has 0 fully saturated rings. The molecule has 0 saturated carbocycles. The Morgan fingerprint density at radius 2 is 1.65 bits per heavy atom. The summed E-state index contributed by atoms with van der Waals surface area (Å²) in [4.78, 5) is 12.6. The van der Waals surface area contributed by atoms with Crippen LogP contribution in [-0.4, -0.2) is 29.4 Å². The van der Waals surface area contributed by atoms with E-state index in [2.05, 4.69) is 20.4 Å². The van der Waals surface area contributed by atoms with Crippen LogP contribution in [0, 0.1) is 6.92 Å². The van der Waals surface area contributed by atoms with Crippen molar-refractivity contribution in [3.05, 3.63) is 47.0 Å². The second kappa shape index (κ2) is 8.54. The van der Waals surface area contributed by atoms with Crippen molar-refractivity contribution in [2.75, 3.05) is 10.0 Å². The molecule has 31 heavy (non-hydrogen) atoms. The van der Waals surface area contributed by atoms with E-state index in [1.807, 2.05) is 51.5 Å². The van der Waals surface area contributed by atoms with E-state index in [0.717, 1.165) is 22.2 Å². The number of amides is 2. The van der Waals surface area contributed by atoms with E-state index >= 15 is 0 Å². The molecule has 0 aliphatic rings. The van der Waals surface area contributed by atoms with Crippen LogP contribution in [0.1, 0.15) is 56.2 Å². The highest BCUT2D eigenvalue weighted by molar-refractivity contribution is 7.91. The molecule has 166 valence electrons. The number of urea groups is 1. The highest BCUT2D eigenvalue weighted by Gasteiger charge is 2.20. The van der Waals surface area contributed by atoms with Crippen molar-refractivity contribution in [1.29, 1.82) is 0 Å². The summed E-state index contributed by atoms with van der Waals surface area (Å²) in [7, 11) is -2.41. The van der Waals surface area contributed by atoms with Crippen molar-refractivity contribution in [2.45, 2.75) is 46.5 Å². The normalized spacial score (nSPS) is 11.9. The van der Waals surface area contributed by atoms with Crippen LogP contribution in [0.4, 0.5) is 16.2 Å². The molecule has 0 spiro atoms. The van der Waals surface area contributed by atoms with Crippen LogP contribution < -0.4 is 14.8 Å². The Balaban J connectivity index is 1.80. The van der Waals surface area contributed by atoms with Gasteiger partial charge in [-0.05, 0) is 48.1 Å². The van der Waals surface area contributed by atoms with Crippen molar-refractivity contribution < 1.29 is 13.2 Å². The number of hydrogen-bond donors (Lipinski definition) is 3. The number of fused-ring (bicyclic) bond motifs is 1. The van der Waals surface area contributed by atoms with Gasteiger partial charge >= 0.3 is 16.2 Å². The minimum absolute atomic E-state index is 0.154. The van der Waals surface area contributed by atoms with E-state index in [1.54, 1.807) is 29.9 Å². The molecule has 0 aliphatic heterocycles. The summed E-state index contributed by atoms with van der Waals surface area (Å²) in [5.41, 5.74) is 5.21. The lowest BCUT2D eigenvalue weighted by molar-refractivity contribution is 0.256. The van der Waals surface area contributed by atoms with Crippen LogP contribution in [0.25, 0.3) is 11.0 Å². The molecule has 10 heteroatoms. The van der Waals surface area contributed by atoms with Gasteiger partial charge in [-0.2, -0.15) is 8.42 Å². The molecule has 3 aromatic rings. The standard InChI is InChI=1S/C21H28N6O3S/c1-12(2)16-9-14(5)10-17(13(3)4)20(16)22-21(28)25-31(29,30)24-15-7-8-19-18(11-15)23-26-27(19)6/h7-13,24H,1-6H3,(H2,22,25,28).